The Morgan fingerprint density at radius 3 is 2.29 bits per heavy atom. The van der Waals surface area contributed by atoms with Crippen LogP contribution in [0.4, 0.5) is 0 Å². The molecule has 0 bridgehead atoms. The average molecular weight is 321 g/mol. The Hall–Kier alpha value is -2.11. The number of hydrogen-bond donors (Lipinski definition) is 1. The zero-order chi connectivity index (χ0) is 15.3. The Morgan fingerprint density at radius 1 is 1.05 bits per heavy atom. The molecule has 0 aliphatic carbocycles. The molecule has 0 radical (unpaired) electrons. The summed E-state index contributed by atoms with van der Waals surface area (Å²) in [6.45, 7) is 0. The van der Waals surface area contributed by atoms with Gasteiger partial charge in [0.2, 0.25) is 0 Å². The molecule has 2 N–H and O–H groups in total. The summed E-state index contributed by atoms with van der Waals surface area (Å²) in [4.78, 5) is 0. The Balaban J connectivity index is 2.22. The van der Waals surface area contributed by atoms with Gasteiger partial charge in [0.1, 0.15) is 5.84 Å². The van der Waals surface area contributed by atoms with Crippen LogP contribution in [0.3, 0.4) is 0 Å². The van der Waals surface area contributed by atoms with Gasteiger partial charge in [-0.15, -0.1) is 4.40 Å². The Labute approximate surface area is 128 Å². The van der Waals surface area contributed by atoms with Crippen molar-refractivity contribution >= 4 is 33.5 Å². The van der Waals surface area contributed by atoms with Crippen LogP contribution in [0.5, 0.6) is 0 Å². The maximum absolute atomic E-state index is 11.9. The molecule has 2 aromatic carbocycles. The molecule has 0 fully saturated rings. The van der Waals surface area contributed by atoms with Crippen LogP contribution in [0.15, 0.2) is 64.4 Å². The molecule has 4 nitrogen and oxygen atoms in total. The molecule has 0 unspecified atom stereocenters. The fraction of sp³-hybridized carbons (Fsp3) is 0. The second-order valence-corrected chi connectivity index (χ2v) is 6.13. The summed E-state index contributed by atoms with van der Waals surface area (Å²) in [7, 11) is -3.79. The number of nitrogens with two attached hydrogens (primary N) is 1. The molecule has 0 amide bonds. The van der Waals surface area contributed by atoms with Crippen molar-refractivity contribution in [3.8, 4) is 0 Å². The minimum absolute atomic E-state index is 0.0793. The van der Waals surface area contributed by atoms with Crippen molar-refractivity contribution in [2.24, 2.45) is 10.1 Å². The quantitative estimate of drug-likeness (QED) is 0.695. The fourth-order valence-electron chi connectivity index (χ4n) is 1.57. The summed E-state index contributed by atoms with van der Waals surface area (Å²) in [6, 6.07) is 15.5. The highest BCUT2D eigenvalue weighted by Gasteiger charge is 2.06. The smallest absolute Gasteiger partial charge is 0.277 e. The van der Waals surface area contributed by atoms with Crippen LogP contribution in [-0.2, 0) is 10.0 Å². The Kier molecular flexibility index (Phi) is 4.77. The number of sulfonamides is 1. The monoisotopic (exact) mass is 320 g/mol. The van der Waals surface area contributed by atoms with E-state index in [1.165, 1.54) is 6.08 Å². The van der Waals surface area contributed by atoms with E-state index < -0.39 is 10.0 Å². The van der Waals surface area contributed by atoms with E-state index in [1.54, 1.807) is 36.4 Å². The zero-order valence-corrected chi connectivity index (χ0v) is 12.6. The zero-order valence-electron chi connectivity index (χ0n) is 11.0. The van der Waals surface area contributed by atoms with E-state index >= 15 is 0 Å². The van der Waals surface area contributed by atoms with Crippen molar-refractivity contribution in [1.29, 1.82) is 0 Å². The van der Waals surface area contributed by atoms with Crippen molar-refractivity contribution in [1.82, 2.24) is 0 Å². The maximum Gasteiger partial charge on any atom is 0.277 e. The van der Waals surface area contributed by atoms with Gasteiger partial charge >= 0.3 is 0 Å². The van der Waals surface area contributed by atoms with Gasteiger partial charge in [0.05, 0.1) is 5.41 Å². The van der Waals surface area contributed by atoms with Crippen molar-refractivity contribution in [3.63, 3.8) is 0 Å². The first-order chi connectivity index (χ1) is 9.96. The van der Waals surface area contributed by atoms with Gasteiger partial charge in [-0.3, -0.25) is 0 Å². The van der Waals surface area contributed by atoms with Crippen LogP contribution in [0.1, 0.15) is 11.1 Å². The summed E-state index contributed by atoms with van der Waals surface area (Å²) >= 11 is 5.76. The molecule has 2 aromatic rings. The highest BCUT2D eigenvalue weighted by Crippen LogP contribution is 2.10. The van der Waals surface area contributed by atoms with Crippen molar-refractivity contribution in [2.45, 2.75) is 0 Å². The van der Waals surface area contributed by atoms with Crippen molar-refractivity contribution in [3.05, 3.63) is 76.2 Å². The molecule has 108 valence electrons. The van der Waals surface area contributed by atoms with Crippen molar-refractivity contribution < 1.29 is 8.42 Å². The van der Waals surface area contributed by atoms with Gasteiger partial charge in [-0.2, -0.15) is 8.42 Å². The molecule has 21 heavy (non-hydrogen) atoms. The third-order valence-electron chi connectivity index (χ3n) is 2.60. The van der Waals surface area contributed by atoms with Gasteiger partial charge in [-0.25, -0.2) is 0 Å². The van der Waals surface area contributed by atoms with Gasteiger partial charge < -0.3 is 5.73 Å². The van der Waals surface area contributed by atoms with Crippen LogP contribution in [0.2, 0.25) is 5.02 Å². The number of rotatable bonds is 4. The highest BCUT2D eigenvalue weighted by atomic mass is 35.5. The molecule has 2 rings (SSSR count). The third-order valence-corrected chi connectivity index (χ3v) is 3.78. The van der Waals surface area contributed by atoms with Gasteiger partial charge in [0.25, 0.3) is 10.0 Å². The normalized spacial score (nSPS) is 12.7. The number of amidine groups is 1. The number of nitrogens with zero attached hydrogens (tertiary/aromatic N) is 1. The fourth-order valence-corrected chi connectivity index (χ4v) is 2.47. The molecule has 0 spiro atoms. The van der Waals surface area contributed by atoms with E-state index in [-0.39, 0.29) is 5.84 Å². The number of benzene rings is 2. The Bertz CT molecular complexity index is 767. The first-order valence-electron chi connectivity index (χ1n) is 6.06. The first kappa shape index (κ1) is 15.3. The summed E-state index contributed by atoms with van der Waals surface area (Å²) in [5.74, 6) is -0.0793. The van der Waals surface area contributed by atoms with Crippen LogP contribution in [-0.4, -0.2) is 14.3 Å². The van der Waals surface area contributed by atoms with E-state index in [4.69, 9.17) is 17.3 Å². The first-order valence-corrected chi connectivity index (χ1v) is 7.94. The maximum atomic E-state index is 11.9. The number of halogens is 1. The van der Waals surface area contributed by atoms with Gasteiger partial charge in [-0.1, -0.05) is 41.9 Å². The van der Waals surface area contributed by atoms with E-state index in [0.717, 1.165) is 11.0 Å². The molecule has 0 saturated heterocycles. The van der Waals surface area contributed by atoms with Gasteiger partial charge in [0.15, 0.2) is 0 Å². The summed E-state index contributed by atoms with van der Waals surface area (Å²) in [5.41, 5.74) is 6.96. The van der Waals surface area contributed by atoms with E-state index in [9.17, 15) is 8.42 Å². The van der Waals surface area contributed by atoms with E-state index in [0.29, 0.717) is 10.6 Å². The minimum Gasteiger partial charge on any atom is -0.383 e. The molecular weight excluding hydrogens is 308 g/mol. The molecule has 6 heteroatoms. The summed E-state index contributed by atoms with van der Waals surface area (Å²) < 4.78 is 27.3. The summed E-state index contributed by atoms with van der Waals surface area (Å²) in [6.07, 6.45) is 1.47. The van der Waals surface area contributed by atoms with Crippen LogP contribution in [0, 0.1) is 0 Å². The molecule has 0 atom stereocenters. The second kappa shape index (κ2) is 6.56. The Morgan fingerprint density at radius 2 is 1.67 bits per heavy atom. The van der Waals surface area contributed by atoms with E-state index in [2.05, 4.69) is 4.40 Å². The molecule has 0 aliphatic heterocycles. The predicted octanol–water partition coefficient (Wildman–Crippen LogP) is 3.05. The number of hydrogen-bond acceptors (Lipinski definition) is 2. The van der Waals surface area contributed by atoms with Gasteiger partial charge in [0, 0.05) is 10.6 Å². The lowest BCUT2D eigenvalue weighted by Crippen LogP contribution is -2.15. The lowest BCUT2D eigenvalue weighted by molar-refractivity contribution is 0.606. The van der Waals surface area contributed by atoms with Crippen LogP contribution in [0.25, 0.3) is 6.08 Å². The second-order valence-electron chi connectivity index (χ2n) is 4.21. The summed E-state index contributed by atoms with van der Waals surface area (Å²) in [5, 5.41) is 1.56. The molecule has 0 aromatic heterocycles. The molecule has 0 aliphatic rings. The standard InChI is InChI=1S/C15H13ClN2O2S/c16-14-8-6-13(7-9-14)15(17)18-21(19,20)11-10-12-4-2-1-3-5-12/h1-11H,(H2,17,18). The van der Waals surface area contributed by atoms with Crippen LogP contribution >= 0.6 is 11.6 Å². The molecule has 0 saturated carbocycles. The van der Waals surface area contributed by atoms with Crippen molar-refractivity contribution in [2.75, 3.05) is 0 Å². The topological polar surface area (TPSA) is 72.5 Å². The molecule has 0 heterocycles. The minimum atomic E-state index is -3.79. The largest absolute Gasteiger partial charge is 0.383 e. The average Bonchev–Trinajstić information content (AvgIpc) is 2.46. The van der Waals surface area contributed by atoms with E-state index in [1.807, 2.05) is 18.2 Å². The lowest BCUT2D eigenvalue weighted by atomic mass is 10.2. The third kappa shape index (κ3) is 4.73. The SMILES string of the molecule is NC(=NS(=O)(=O)C=Cc1ccccc1)c1ccc(Cl)cc1. The highest BCUT2D eigenvalue weighted by molar-refractivity contribution is 7.93. The van der Waals surface area contributed by atoms with Crippen LogP contribution < -0.4 is 5.73 Å². The van der Waals surface area contributed by atoms with Gasteiger partial charge in [-0.05, 0) is 35.9 Å². The lowest BCUT2D eigenvalue weighted by Gasteiger charge is -2.00. The predicted molar refractivity (Wildman–Crippen MR) is 86.6 cm³/mol. The molecular formula is C15H13ClN2O2S.